The monoisotopic (exact) mass is 317 g/mol. The number of amides is 2. The van der Waals surface area contributed by atoms with Crippen molar-refractivity contribution in [1.82, 2.24) is 16.0 Å². The summed E-state index contributed by atoms with van der Waals surface area (Å²) in [6.45, 7) is 1.98. The van der Waals surface area contributed by atoms with Crippen molar-refractivity contribution in [3.8, 4) is 0 Å². The van der Waals surface area contributed by atoms with Crippen molar-refractivity contribution in [2.24, 2.45) is 5.92 Å². The van der Waals surface area contributed by atoms with E-state index in [1.807, 2.05) is 0 Å². The van der Waals surface area contributed by atoms with Crippen molar-refractivity contribution in [2.45, 2.75) is 57.4 Å². The molecule has 2 rings (SSSR count). The third kappa shape index (κ3) is 7.14. The normalized spacial score (nSPS) is 23.0. The van der Waals surface area contributed by atoms with Gasteiger partial charge in [-0.25, -0.2) is 0 Å². The third-order valence-corrected chi connectivity index (χ3v) is 4.31. The van der Waals surface area contributed by atoms with Crippen molar-refractivity contribution in [2.75, 3.05) is 19.6 Å². The molecule has 0 aromatic rings. The van der Waals surface area contributed by atoms with E-state index in [-0.39, 0.29) is 36.8 Å². The van der Waals surface area contributed by atoms with Gasteiger partial charge in [0.15, 0.2) is 0 Å². The molecule has 2 aliphatic rings. The van der Waals surface area contributed by atoms with Gasteiger partial charge in [-0.15, -0.1) is 12.4 Å². The van der Waals surface area contributed by atoms with Gasteiger partial charge in [0.05, 0.1) is 6.54 Å². The summed E-state index contributed by atoms with van der Waals surface area (Å²) in [4.78, 5) is 23.6. The first-order valence-corrected chi connectivity index (χ1v) is 8.01. The van der Waals surface area contributed by atoms with Gasteiger partial charge in [-0.2, -0.15) is 0 Å². The summed E-state index contributed by atoms with van der Waals surface area (Å²) in [5.41, 5.74) is 0. The van der Waals surface area contributed by atoms with Crippen LogP contribution in [-0.2, 0) is 9.59 Å². The fourth-order valence-electron chi connectivity index (χ4n) is 3.16. The van der Waals surface area contributed by atoms with E-state index in [0.29, 0.717) is 12.3 Å². The summed E-state index contributed by atoms with van der Waals surface area (Å²) in [6, 6.07) is 0.214. The third-order valence-electron chi connectivity index (χ3n) is 4.31. The molecular formula is C15H28ClN3O2. The molecule has 1 aliphatic carbocycles. The van der Waals surface area contributed by atoms with Crippen LogP contribution in [0.2, 0.25) is 0 Å². The molecule has 1 heterocycles. The van der Waals surface area contributed by atoms with Crippen molar-refractivity contribution in [1.29, 1.82) is 0 Å². The molecule has 21 heavy (non-hydrogen) atoms. The lowest BCUT2D eigenvalue weighted by Gasteiger charge is -2.24. The smallest absolute Gasteiger partial charge is 0.239 e. The number of nitrogens with one attached hydrogen (secondary N) is 3. The largest absolute Gasteiger partial charge is 0.351 e. The highest BCUT2D eigenvalue weighted by Crippen LogP contribution is 2.25. The van der Waals surface area contributed by atoms with Crippen LogP contribution in [0.5, 0.6) is 0 Å². The second kappa shape index (κ2) is 10.0. The van der Waals surface area contributed by atoms with Crippen molar-refractivity contribution >= 4 is 24.2 Å². The molecule has 1 saturated heterocycles. The highest BCUT2D eigenvalue weighted by molar-refractivity contribution is 5.85. The Morgan fingerprint density at radius 1 is 1.00 bits per heavy atom. The van der Waals surface area contributed by atoms with Gasteiger partial charge < -0.3 is 16.0 Å². The zero-order chi connectivity index (χ0) is 14.2. The molecule has 122 valence electrons. The summed E-state index contributed by atoms with van der Waals surface area (Å²) < 4.78 is 0. The number of carbonyl (C=O) groups excluding carboxylic acids is 2. The lowest BCUT2D eigenvalue weighted by molar-refractivity contribution is -0.127. The van der Waals surface area contributed by atoms with E-state index in [1.54, 1.807) is 0 Å². The Bertz CT molecular complexity index is 295. The Kier molecular flexibility index (Phi) is 8.69. The Morgan fingerprint density at radius 2 is 1.76 bits per heavy atom. The van der Waals surface area contributed by atoms with Crippen molar-refractivity contribution in [3.05, 3.63) is 0 Å². The summed E-state index contributed by atoms with van der Waals surface area (Å²) in [5, 5.41) is 8.97. The molecule has 0 bridgehead atoms. The van der Waals surface area contributed by atoms with Crippen LogP contribution in [-0.4, -0.2) is 37.5 Å². The molecule has 2 amide bonds. The van der Waals surface area contributed by atoms with Gasteiger partial charge in [-0.1, -0.05) is 19.3 Å². The Morgan fingerprint density at radius 3 is 2.43 bits per heavy atom. The zero-order valence-electron chi connectivity index (χ0n) is 12.7. The van der Waals surface area contributed by atoms with Crippen LogP contribution in [0.15, 0.2) is 0 Å². The van der Waals surface area contributed by atoms with Crippen LogP contribution in [0, 0.1) is 5.92 Å². The lowest BCUT2D eigenvalue weighted by atomic mass is 9.87. The predicted molar refractivity (Wildman–Crippen MR) is 85.5 cm³/mol. The van der Waals surface area contributed by atoms with Crippen molar-refractivity contribution in [3.63, 3.8) is 0 Å². The van der Waals surface area contributed by atoms with Gasteiger partial charge in [-0.3, -0.25) is 9.59 Å². The SMILES string of the molecule is Cl.O=C(CC1CCCCC1)NCC(=O)N[C@H]1CCCNC1. The molecule has 6 heteroatoms. The quantitative estimate of drug-likeness (QED) is 0.717. The minimum Gasteiger partial charge on any atom is -0.351 e. The van der Waals surface area contributed by atoms with E-state index in [1.165, 1.54) is 19.3 Å². The molecule has 3 N–H and O–H groups in total. The van der Waals surface area contributed by atoms with E-state index in [0.717, 1.165) is 38.8 Å². The molecule has 1 atom stereocenters. The van der Waals surface area contributed by atoms with Crippen molar-refractivity contribution < 1.29 is 9.59 Å². The number of hydrogen-bond donors (Lipinski definition) is 3. The summed E-state index contributed by atoms with van der Waals surface area (Å²) in [6.07, 6.45) is 8.81. The van der Waals surface area contributed by atoms with E-state index in [9.17, 15) is 9.59 Å². The molecule has 0 spiro atoms. The average Bonchev–Trinajstić information content (AvgIpc) is 2.47. The molecule has 2 fully saturated rings. The molecular weight excluding hydrogens is 290 g/mol. The van der Waals surface area contributed by atoms with E-state index >= 15 is 0 Å². The number of piperidine rings is 1. The van der Waals surface area contributed by atoms with Gasteiger partial charge in [0.25, 0.3) is 0 Å². The van der Waals surface area contributed by atoms with Crippen LogP contribution < -0.4 is 16.0 Å². The summed E-state index contributed by atoms with van der Waals surface area (Å²) in [7, 11) is 0. The Balaban J connectivity index is 0.00000220. The van der Waals surface area contributed by atoms with Crippen LogP contribution in [0.4, 0.5) is 0 Å². The molecule has 5 nitrogen and oxygen atoms in total. The molecule has 0 radical (unpaired) electrons. The fraction of sp³-hybridized carbons (Fsp3) is 0.867. The lowest BCUT2D eigenvalue weighted by Crippen LogP contribution is -2.48. The van der Waals surface area contributed by atoms with Crippen LogP contribution >= 0.6 is 12.4 Å². The number of hydrogen-bond acceptors (Lipinski definition) is 3. The molecule has 0 unspecified atom stereocenters. The summed E-state index contributed by atoms with van der Waals surface area (Å²) in [5.74, 6) is 0.471. The van der Waals surface area contributed by atoms with Gasteiger partial charge in [0.1, 0.15) is 0 Å². The maximum absolute atomic E-state index is 11.8. The molecule has 0 aromatic carbocycles. The number of carbonyl (C=O) groups is 2. The standard InChI is InChI=1S/C15H27N3O2.ClH/c19-14(9-12-5-2-1-3-6-12)17-11-15(20)18-13-7-4-8-16-10-13;/h12-13,16H,1-11H2,(H,17,19)(H,18,20);1H/t13-;/m0./s1. The van der Waals surface area contributed by atoms with Gasteiger partial charge in [0, 0.05) is 19.0 Å². The first-order chi connectivity index (χ1) is 9.74. The maximum Gasteiger partial charge on any atom is 0.239 e. The molecule has 0 aromatic heterocycles. The van der Waals surface area contributed by atoms with Crippen LogP contribution in [0.3, 0.4) is 0 Å². The highest BCUT2D eigenvalue weighted by atomic mass is 35.5. The van der Waals surface area contributed by atoms with Crippen LogP contribution in [0.1, 0.15) is 51.4 Å². The van der Waals surface area contributed by atoms with Gasteiger partial charge in [-0.05, 0) is 38.1 Å². The van der Waals surface area contributed by atoms with Crippen LogP contribution in [0.25, 0.3) is 0 Å². The Hall–Kier alpha value is -0.810. The first-order valence-electron chi connectivity index (χ1n) is 8.01. The topological polar surface area (TPSA) is 70.2 Å². The summed E-state index contributed by atoms with van der Waals surface area (Å²) >= 11 is 0. The first kappa shape index (κ1) is 18.2. The zero-order valence-corrected chi connectivity index (χ0v) is 13.5. The maximum atomic E-state index is 11.8. The van der Waals surface area contributed by atoms with E-state index in [4.69, 9.17) is 0 Å². The van der Waals surface area contributed by atoms with E-state index < -0.39 is 0 Å². The average molecular weight is 318 g/mol. The highest BCUT2D eigenvalue weighted by Gasteiger charge is 2.18. The minimum atomic E-state index is -0.0734. The fourth-order valence-corrected chi connectivity index (χ4v) is 3.16. The van der Waals surface area contributed by atoms with E-state index in [2.05, 4.69) is 16.0 Å². The number of halogens is 1. The Labute approximate surface area is 133 Å². The second-order valence-electron chi connectivity index (χ2n) is 6.10. The minimum absolute atomic E-state index is 0. The molecule has 1 aliphatic heterocycles. The van der Waals surface area contributed by atoms with Gasteiger partial charge in [0.2, 0.25) is 11.8 Å². The van der Waals surface area contributed by atoms with Gasteiger partial charge >= 0.3 is 0 Å². The predicted octanol–water partition coefficient (Wildman–Crippen LogP) is 1.36. The molecule has 1 saturated carbocycles. The second-order valence-corrected chi connectivity index (χ2v) is 6.10. The number of rotatable bonds is 5.